The lowest BCUT2D eigenvalue weighted by atomic mass is 10.1. The topological polar surface area (TPSA) is 47.9 Å². The van der Waals surface area contributed by atoms with Gasteiger partial charge < -0.3 is 0 Å². The van der Waals surface area contributed by atoms with Crippen LogP contribution in [0.5, 0.6) is 0 Å². The highest BCUT2D eigenvalue weighted by Crippen LogP contribution is 2.47. The minimum Gasteiger partial charge on any atom is -0.269 e. The molecule has 2 aliphatic heterocycles. The molecule has 1 aromatic carbocycles. The van der Waals surface area contributed by atoms with Crippen molar-refractivity contribution in [2.24, 2.45) is 5.10 Å². The number of rotatable bonds is 3. The lowest BCUT2D eigenvalue weighted by Crippen LogP contribution is -2.58. The number of carbonyl (C=O) groups excluding carboxylic acids is 1. The monoisotopic (exact) mass is 396 g/mol. The second-order valence-electron chi connectivity index (χ2n) is 7.06. The number of benzene rings is 1. The van der Waals surface area contributed by atoms with Crippen LogP contribution < -0.4 is 15.2 Å². The van der Waals surface area contributed by atoms with Gasteiger partial charge in [0.05, 0.1) is 5.56 Å². The molecular weight excluding hydrogens is 376 g/mol. The van der Waals surface area contributed by atoms with Crippen molar-refractivity contribution in [2.75, 3.05) is 15.6 Å². The normalized spacial score (nSPS) is 20.1. The molecule has 0 spiro atoms. The highest BCUT2D eigenvalue weighted by molar-refractivity contribution is 8.14. The van der Waals surface area contributed by atoms with Crippen LogP contribution in [0.2, 0.25) is 0 Å². The summed E-state index contributed by atoms with van der Waals surface area (Å²) in [6.07, 6.45) is 2.88. The van der Waals surface area contributed by atoms with Gasteiger partial charge in [0, 0.05) is 16.3 Å². The van der Waals surface area contributed by atoms with Gasteiger partial charge in [0.2, 0.25) is 6.29 Å². The van der Waals surface area contributed by atoms with Gasteiger partial charge in [-0.25, -0.2) is 0 Å². The van der Waals surface area contributed by atoms with Crippen LogP contribution in [-0.4, -0.2) is 23.1 Å². The van der Waals surface area contributed by atoms with E-state index in [1.165, 1.54) is 10.4 Å². The van der Waals surface area contributed by atoms with Crippen LogP contribution in [0.3, 0.4) is 0 Å². The Kier molecular flexibility index (Phi) is 4.02. The predicted octanol–water partition coefficient (Wildman–Crippen LogP) is 4.17. The lowest BCUT2D eigenvalue weighted by Gasteiger charge is -2.39. The summed E-state index contributed by atoms with van der Waals surface area (Å²) >= 11 is 3.42. The van der Waals surface area contributed by atoms with Crippen LogP contribution in [-0.2, 0) is 12.8 Å². The number of amides is 1. The first-order valence-corrected chi connectivity index (χ1v) is 10.9. The molecule has 0 radical (unpaired) electrons. The Balaban J connectivity index is 1.62. The summed E-state index contributed by atoms with van der Waals surface area (Å²) in [5, 5.41) is 6.51. The van der Waals surface area contributed by atoms with Crippen molar-refractivity contribution in [1.29, 1.82) is 0 Å². The molecule has 5 nitrogen and oxygen atoms in total. The molecule has 27 heavy (non-hydrogen) atoms. The maximum absolute atomic E-state index is 13.5. The van der Waals surface area contributed by atoms with Crippen molar-refractivity contribution in [3.8, 4) is 0 Å². The van der Waals surface area contributed by atoms with E-state index in [0.717, 1.165) is 52.0 Å². The number of hydrogen-bond donors (Lipinski definition) is 1. The number of hydrogen-bond acceptors (Lipinski definition) is 6. The minimum absolute atomic E-state index is 0.0747. The molecule has 0 fully saturated rings. The van der Waals surface area contributed by atoms with E-state index in [0.29, 0.717) is 0 Å². The molecule has 3 heterocycles. The molecule has 1 aliphatic carbocycles. The molecule has 1 amide bonds. The highest BCUT2D eigenvalue weighted by Gasteiger charge is 2.47. The number of hydrazone groups is 1. The van der Waals surface area contributed by atoms with Crippen LogP contribution in [0.15, 0.2) is 47.6 Å². The summed E-state index contributed by atoms with van der Waals surface area (Å²) in [4.78, 5) is 18.9. The van der Waals surface area contributed by atoms with Gasteiger partial charge in [-0.2, -0.15) is 5.10 Å². The Morgan fingerprint density at radius 3 is 2.93 bits per heavy atom. The van der Waals surface area contributed by atoms with Crippen LogP contribution in [0, 0.1) is 0 Å². The first-order valence-electron chi connectivity index (χ1n) is 9.08. The Morgan fingerprint density at radius 1 is 1.33 bits per heavy atom. The molecule has 1 N–H and O–H groups in total. The van der Waals surface area contributed by atoms with Crippen molar-refractivity contribution >= 4 is 44.9 Å². The van der Waals surface area contributed by atoms with Gasteiger partial charge in [0.15, 0.2) is 5.17 Å². The summed E-state index contributed by atoms with van der Waals surface area (Å²) in [7, 11) is 0. The number of thioether (sulfide) groups is 1. The number of amidine groups is 1. The van der Waals surface area contributed by atoms with Gasteiger partial charge in [-0.1, -0.05) is 42.1 Å². The SMILES string of the molecule is C=C(C)CSC1=NNC2N(c3ccccc3)C(=O)c3c(sc4c3CCC4)N12. The van der Waals surface area contributed by atoms with E-state index >= 15 is 0 Å². The third-order valence-electron chi connectivity index (χ3n) is 5.01. The van der Waals surface area contributed by atoms with Crippen LogP contribution in [0.1, 0.15) is 34.1 Å². The second-order valence-corrected chi connectivity index (χ2v) is 9.09. The first-order chi connectivity index (χ1) is 13.1. The molecule has 3 aliphatic rings. The van der Waals surface area contributed by atoms with Gasteiger partial charge in [0.1, 0.15) is 5.00 Å². The van der Waals surface area contributed by atoms with Crippen LogP contribution >= 0.6 is 23.1 Å². The fourth-order valence-corrected chi connectivity index (χ4v) is 6.13. The largest absolute Gasteiger partial charge is 0.269 e. The third kappa shape index (κ3) is 2.60. The van der Waals surface area contributed by atoms with Gasteiger partial charge in [-0.15, -0.1) is 11.3 Å². The van der Waals surface area contributed by atoms with Gasteiger partial charge >= 0.3 is 0 Å². The van der Waals surface area contributed by atoms with Crippen molar-refractivity contribution in [1.82, 2.24) is 5.43 Å². The Morgan fingerprint density at radius 2 is 2.15 bits per heavy atom. The number of nitrogens with zero attached hydrogens (tertiary/aromatic N) is 3. The van der Waals surface area contributed by atoms with Crippen molar-refractivity contribution in [3.63, 3.8) is 0 Å². The van der Waals surface area contributed by atoms with Gasteiger partial charge in [0.25, 0.3) is 5.91 Å². The molecule has 0 saturated carbocycles. The molecule has 1 atom stereocenters. The molecule has 1 aromatic heterocycles. The summed E-state index contributed by atoms with van der Waals surface area (Å²) in [5.41, 5.74) is 7.30. The van der Waals surface area contributed by atoms with Crippen molar-refractivity contribution in [2.45, 2.75) is 32.5 Å². The standard InChI is InChI=1S/C20H20N4OS2/c1-12(2)11-26-20-22-21-19-23(13-7-4-3-5-8-13)17(25)16-14-9-6-10-15(14)27-18(16)24(19)20/h3-5,7-8,19,21H,1,6,9-11H2,2H3. The number of nitrogens with one attached hydrogen (secondary N) is 1. The molecule has 138 valence electrons. The molecule has 0 bridgehead atoms. The summed E-state index contributed by atoms with van der Waals surface area (Å²) in [6, 6.07) is 9.86. The van der Waals surface area contributed by atoms with Crippen molar-refractivity contribution < 1.29 is 4.79 Å². The fraction of sp³-hybridized carbons (Fsp3) is 0.300. The lowest BCUT2D eigenvalue weighted by molar-refractivity contribution is 0.0968. The van der Waals surface area contributed by atoms with Gasteiger partial charge in [-0.3, -0.25) is 20.0 Å². The van der Waals surface area contributed by atoms with E-state index in [-0.39, 0.29) is 12.2 Å². The zero-order valence-electron chi connectivity index (χ0n) is 15.1. The van der Waals surface area contributed by atoms with E-state index in [9.17, 15) is 4.79 Å². The Labute approximate surface area is 166 Å². The Bertz CT molecular complexity index is 966. The first kappa shape index (κ1) is 16.9. The van der Waals surface area contributed by atoms with E-state index in [1.807, 2.05) is 42.2 Å². The number of anilines is 2. The summed E-state index contributed by atoms with van der Waals surface area (Å²) in [6.45, 7) is 6.03. The maximum Gasteiger partial charge on any atom is 0.264 e. The number of thiophene rings is 1. The number of fused-ring (bicyclic) bond motifs is 5. The molecule has 2 aromatic rings. The molecule has 0 saturated heterocycles. The van der Waals surface area contributed by atoms with E-state index in [4.69, 9.17) is 0 Å². The molecule has 7 heteroatoms. The number of carbonyl (C=O) groups is 1. The number of para-hydroxylation sites is 1. The fourth-order valence-electron chi connectivity index (χ4n) is 3.85. The average molecular weight is 397 g/mol. The average Bonchev–Trinajstić information content (AvgIpc) is 3.34. The molecular formula is C20H20N4OS2. The van der Waals surface area contributed by atoms with E-state index < -0.39 is 0 Å². The second kappa shape index (κ2) is 6.42. The summed E-state index contributed by atoms with van der Waals surface area (Å²) < 4.78 is 0. The third-order valence-corrected chi connectivity index (χ3v) is 7.48. The van der Waals surface area contributed by atoms with E-state index in [2.05, 4.69) is 22.0 Å². The predicted molar refractivity (Wildman–Crippen MR) is 114 cm³/mol. The smallest absolute Gasteiger partial charge is 0.264 e. The Hall–Kier alpha value is -2.25. The zero-order chi connectivity index (χ0) is 18.5. The minimum atomic E-state index is -0.321. The van der Waals surface area contributed by atoms with Gasteiger partial charge in [-0.05, 0) is 43.9 Å². The zero-order valence-corrected chi connectivity index (χ0v) is 16.7. The van der Waals surface area contributed by atoms with Crippen molar-refractivity contribution in [3.05, 3.63) is 58.5 Å². The van der Waals surface area contributed by atoms with E-state index in [1.54, 1.807) is 23.1 Å². The maximum atomic E-state index is 13.5. The quantitative estimate of drug-likeness (QED) is 0.791. The molecule has 1 unspecified atom stereocenters. The highest BCUT2D eigenvalue weighted by atomic mass is 32.2. The molecule has 5 rings (SSSR count). The van der Waals surface area contributed by atoms with Crippen LogP contribution in [0.25, 0.3) is 0 Å². The van der Waals surface area contributed by atoms with Crippen LogP contribution in [0.4, 0.5) is 10.7 Å². The number of aryl methyl sites for hydroxylation is 1. The summed E-state index contributed by atoms with van der Waals surface area (Å²) in [5.74, 6) is 0.884.